The zero-order valence-corrected chi connectivity index (χ0v) is 13.5. The predicted octanol–water partition coefficient (Wildman–Crippen LogP) is 2.81. The summed E-state index contributed by atoms with van der Waals surface area (Å²) in [4.78, 5) is 0. The Morgan fingerprint density at radius 3 is 2.46 bits per heavy atom. The van der Waals surface area contributed by atoms with Crippen LogP contribution in [0.15, 0.2) is 53.6 Å². The highest BCUT2D eigenvalue weighted by atomic mass is 32.1. The van der Waals surface area contributed by atoms with E-state index in [0.29, 0.717) is 10.6 Å². The molecule has 0 fully saturated rings. The van der Waals surface area contributed by atoms with Gasteiger partial charge in [-0.05, 0) is 54.2 Å². The highest BCUT2D eigenvalue weighted by Crippen LogP contribution is 2.20. The number of aromatic nitrogens is 3. The highest BCUT2D eigenvalue weighted by molar-refractivity contribution is 7.71. The molecular formula is C16H15FN4O2S. The molecule has 0 radical (unpaired) electrons. The van der Waals surface area contributed by atoms with E-state index in [2.05, 4.69) is 15.3 Å². The van der Waals surface area contributed by atoms with Gasteiger partial charge in [-0.15, -0.1) is 0 Å². The third-order valence-corrected chi connectivity index (χ3v) is 3.46. The monoisotopic (exact) mass is 346 g/mol. The van der Waals surface area contributed by atoms with Crippen molar-refractivity contribution in [1.82, 2.24) is 14.9 Å². The highest BCUT2D eigenvalue weighted by Gasteiger charge is 2.08. The summed E-state index contributed by atoms with van der Waals surface area (Å²) < 4.78 is 19.9. The maximum atomic E-state index is 12.9. The third-order valence-electron chi connectivity index (χ3n) is 3.19. The molecule has 0 aliphatic rings. The van der Waals surface area contributed by atoms with Crippen molar-refractivity contribution in [1.29, 1.82) is 0 Å². The molecule has 3 rings (SSSR count). The molecule has 0 amide bonds. The summed E-state index contributed by atoms with van der Waals surface area (Å²) in [5.41, 5.74) is 1.60. The Morgan fingerprint density at radius 1 is 1.17 bits per heavy atom. The minimum atomic E-state index is -0.291. The summed E-state index contributed by atoms with van der Waals surface area (Å²) in [5.74, 6) is 1.04. The first-order chi connectivity index (χ1) is 11.2. The van der Waals surface area contributed by atoms with Crippen LogP contribution in [0.25, 0.3) is 11.4 Å². The summed E-state index contributed by atoms with van der Waals surface area (Å²) >= 11 is 5.20. The molecule has 0 spiro atoms. The molecule has 1 aromatic heterocycles. The summed E-state index contributed by atoms with van der Waals surface area (Å²) in [7, 11) is 1.61. The maximum Gasteiger partial charge on any atom is 0.216 e. The van der Waals surface area contributed by atoms with Crippen molar-refractivity contribution in [2.45, 2.75) is 0 Å². The topological polar surface area (TPSA) is 86.7 Å². The van der Waals surface area contributed by atoms with Gasteiger partial charge in [0.05, 0.1) is 13.3 Å². The Labute approximate surface area is 142 Å². The molecule has 1 heterocycles. The van der Waals surface area contributed by atoms with Gasteiger partial charge < -0.3 is 10.2 Å². The number of rotatable bonds is 4. The van der Waals surface area contributed by atoms with Gasteiger partial charge in [0.25, 0.3) is 0 Å². The first-order valence-electron chi connectivity index (χ1n) is 6.79. The number of methoxy groups -OCH3 is 1. The lowest BCUT2D eigenvalue weighted by Gasteiger charge is -2.03. The summed E-state index contributed by atoms with van der Waals surface area (Å²) in [5, 5.41) is 11.2. The summed E-state index contributed by atoms with van der Waals surface area (Å²) in [6, 6.07) is 13.4. The number of hydrogen-bond donors (Lipinski definition) is 1. The second kappa shape index (κ2) is 7.62. The largest absolute Gasteiger partial charge is 0.497 e. The fourth-order valence-corrected chi connectivity index (χ4v) is 2.18. The molecule has 3 aromatic rings. The molecule has 0 saturated carbocycles. The Morgan fingerprint density at radius 2 is 1.83 bits per heavy atom. The molecule has 0 aliphatic carbocycles. The van der Waals surface area contributed by atoms with Crippen molar-refractivity contribution in [3.8, 4) is 17.1 Å². The molecule has 0 bridgehead atoms. The van der Waals surface area contributed by atoms with E-state index < -0.39 is 0 Å². The zero-order chi connectivity index (χ0) is 16.2. The quantitative estimate of drug-likeness (QED) is 0.582. The molecule has 0 saturated heterocycles. The van der Waals surface area contributed by atoms with Crippen LogP contribution in [0.2, 0.25) is 0 Å². The molecule has 0 unspecified atom stereocenters. The van der Waals surface area contributed by atoms with Crippen LogP contribution >= 0.6 is 12.2 Å². The average molecular weight is 346 g/mol. The molecule has 8 heteroatoms. The Balaban J connectivity index is 0.00000208. The van der Waals surface area contributed by atoms with Gasteiger partial charge in [0, 0.05) is 5.56 Å². The first kappa shape index (κ1) is 17.5. The lowest BCUT2D eigenvalue weighted by molar-refractivity contribution is 0.415. The number of halogens is 1. The molecule has 6 nitrogen and oxygen atoms in total. The Bertz CT molecular complexity index is 886. The van der Waals surface area contributed by atoms with Crippen LogP contribution in [0.3, 0.4) is 0 Å². The van der Waals surface area contributed by atoms with Crippen LogP contribution in [-0.4, -0.2) is 33.7 Å². The van der Waals surface area contributed by atoms with Crippen molar-refractivity contribution < 1.29 is 14.6 Å². The van der Waals surface area contributed by atoms with Crippen molar-refractivity contribution in [3.63, 3.8) is 0 Å². The van der Waals surface area contributed by atoms with Crippen LogP contribution in [0.5, 0.6) is 5.75 Å². The van der Waals surface area contributed by atoms with E-state index in [-0.39, 0.29) is 11.3 Å². The maximum absolute atomic E-state index is 12.9. The fourth-order valence-electron chi connectivity index (χ4n) is 2.00. The van der Waals surface area contributed by atoms with E-state index in [1.165, 1.54) is 16.8 Å². The lowest BCUT2D eigenvalue weighted by Crippen LogP contribution is -1.95. The fraction of sp³-hybridized carbons (Fsp3) is 0.0625. The van der Waals surface area contributed by atoms with Crippen LogP contribution < -0.4 is 4.74 Å². The SMILES string of the molecule is COc1ccc(-c2n[nH]c(=S)n2/N=C/c2ccc(F)cc2)cc1.O. The number of aromatic amines is 1. The molecule has 24 heavy (non-hydrogen) atoms. The number of benzene rings is 2. The number of hydrogen-bond acceptors (Lipinski definition) is 4. The average Bonchev–Trinajstić information content (AvgIpc) is 2.95. The van der Waals surface area contributed by atoms with E-state index in [9.17, 15) is 4.39 Å². The number of nitrogens with zero attached hydrogens (tertiary/aromatic N) is 3. The van der Waals surface area contributed by atoms with Crippen molar-refractivity contribution in [3.05, 3.63) is 64.7 Å². The zero-order valence-electron chi connectivity index (χ0n) is 12.7. The van der Waals surface area contributed by atoms with Crippen LogP contribution in [0.1, 0.15) is 5.56 Å². The van der Waals surface area contributed by atoms with Gasteiger partial charge in [-0.1, -0.05) is 12.1 Å². The molecule has 124 valence electrons. The van der Waals surface area contributed by atoms with Crippen LogP contribution in [0.4, 0.5) is 4.39 Å². The van der Waals surface area contributed by atoms with Crippen LogP contribution in [0, 0.1) is 10.6 Å². The van der Waals surface area contributed by atoms with Crippen molar-refractivity contribution in [2.24, 2.45) is 5.10 Å². The molecule has 2 aromatic carbocycles. The third kappa shape index (κ3) is 3.73. The normalized spacial score (nSPS) is 10.6. The van der Waals surface area contributed by atoms with Gasteiger partial charge in [-0.2, -0.15) is 14.9 Å². The predicted molar refractivity (Wildman–Crippen MR) is 92.4 cm³/mol. The van der Waals surface area contributed by atoms with Crippen molar-refractivity contribution >= 4 is 18.4 Å². The molecular weight excluding hydrogens is 331 g/mol. The molecule has 0 atom stereocenters. The summed E-state index contributed by atoms with van der Waals surface area (Å²) in [6.07, 6.45) is 1.60. The second-order valence-corrected chi connectivity index (χ2v) is 5.08. The number of ether oxygens (including phenoxy) is 1. The van der Waals surface area contributed by atoms with Gasteiger partial charge >= 0.3 is 0 Å². The Kier molecular flexibility index (Phi) is 5.56. The smallest absolute Gasteiger partial charge is 0.216 e. The van der Waals surface area contributed by atoms with Gasteiger partial charge in [0.15, 0.2) is 5.82 Å². The first-order valence-corrected chi connectivity index (χ1v) is 7.20. The van der Waals surface area contributed by atoms with E-state index in [1.807, 2.05) is 24.3 Å². The molecule has 3 N–H and O–H groups in total. The number of H-pyrrole nitrogens is 1. The Hall–Kier alpha value is -2.84. The van der Waals surface area contributed by atoms with Gasteiger partial charge in [0.1, 0.15) is 11.6 Å². The van der Waals surface area contributed by atoms with E-state index in [1.54, 1.807) is 25.5 Å². The number of nitrogens with one attached hydrogen (secondary N) is 1. The minimum absolute atomic E-state index is 0. The van der Waals surface area contributed by atoms with Gasteiger partial charge in [-0.25, -0.2) is 9.49 Å². The molecule has 0 aliphatic heterocycles. The summed E-state index contributed by atoms with van der Waals surface area (Å²) in [6.45, 7) is 0. The van der Waals surface area contributed by atoms with Crippen molar-refractivity contribution in [2.75, 3.05) is 7.11 Å². The second-order valence-electron chi connectivity index (χ2n) is 4.69. The minimum Gasteiger partial charge on any atom is -0.497 e. The van der Waals surface area contributed by atoms with Crippen LogP contribution in [-0.2, 0) is 0 Å². The van der Waals surface area contributed by atoms with Gasteiger partial charge in [-0.3, -0.25) is 0 Å². The lowest BCUT2D eigenvalue weighted by atomic mass is 10.2. The van der Waals surface area contributed by atoms with E-state index >= 15 is 0 Å². The van der Waals surface area contributed by atoms with E-state index in [0.717, 1.165) is 16.9 Å². The van der Waals surface area contributed by atoms with Gasteiger partial charge in [0.2, 0.25) is 4.77 Å². The van der Waals surface area contributed by atoms with E-state index in [4.69, 9.17) is 17.0 Å². The standard InChI is InChI=1S/C16H13FN4OS.H2O/c1-22-14-8-4-12(5-9-14)15-19-20-16(23)21(15)18-10-11-2-6-13(17)7-3-11;/h2-10H,1H3,(H,20,23);1H2/b18-10+;.